The van der Waals surface area contributed by atoms with E-state index in [1.807, 2.05) is 0 Å². The Kier molecular flexibility index (Phi) is 5.00. The molecule has 0 aromatic heterocycles. The molecule has 0 amide bonds. The van der Waals surface area contributed by atoms with Crippen LogP contribution in [-0.4, -0.2) is 37.0 Å². The number of rotatable bonds is 3. The van der Waals surface area contributed by atoms with Crippen molar-refractivity contribution in [2.75, 3.05) is 13.2 Å². The molecule has 1 aliphatic heterocycles. The molecule has 0 radical (unpaired) electrons. The van der Waals surface area contributed by atoms with E-state index < -0.39 is 10.0 Å². The number of hydrogen-bond acceptors (Lipinski definition) is 3. The summed E-state index contributed by atoms with van der Waals surface area (Å²) in [6.45, 7) is 0.374. The second kappa shape index (κ2) is 6.35. The van der Waals surface area contributed by atoms with Gasteiger partial charge in [-0.3, -0.25) is 0 Å². The van der Waals surface area contributed by atoms with E-state index in [1.54, 1.807) is 24.3 Å². The second-order valence-corrected chi connectivity index (χ2v) is 7.56. The van der Waals surface area contributed by atoms with Gasteiger partial charge in [-0.2, -0.15) is 4.31 Å². The molecule has 2 rings (SSSR count). The smallest absolute Gasteiger partial charge is 0.243 e. The molecule has 1 N–H and O–H groups in total. The summed E-state index contributed by atoms with van der Waals surface area (Å²) in [6, 6.07) is 6.34. The largest absolute Gasteiger partial charge is 0.395 e. The molecule has 0 aliphatic carbocycles. The third-order valence-electron chi connectivity index (χ3n) is 3.45. The van der Waals surface area contributed by atoms with E-state index in [0.717, 1.165) is 30.2 Å². The summed E-state index contributed by atoms with van der Waals surface area (Å²) < 4.78 is 27.5. The number of halogens is 1. The Morgan fingerprint density at radius 2 is 1.89 bits per heavy atom. The Morgan fingerprint density at radius 3 is 2.53 bits per heavy atom. The molecular formula is C13H18BrNO3S. The fourth-order valence-electron chi connectivity index (χ4n) is 2.39. The summed E-state index contributed by atoms with van der Waals surface area (Å²) >= 11 is 3.30. The van der Waals surface area contributed by atoms with Crippen LogP contribution in [0.25, 0.3) is 0 Å². The number of aliphatic hydroxyl groups excluding tert-OH is 1. The van der Waals surface area contributed by atoms with Crippen LogP contribution in [0.4, 0.5) is 0 Å². The topological polar surface area (TPSA) is 57.6 Å². The van der Waals surface area contributed by atoms with Gasteiger partial charge < -0.3 is 5.11 Å². The van der Waals surface area contributed by atoms with Gasteiger partial charge in [0.2, 0.25) is 10.0 Å². The molecule has 1 aliphatic rings. The van der Waals surface area contributed by atoms with Gasteiger partial charge in [-0.15, -0.1) is 0 Å². The van der Waals surface area contributed by atoms with E-state index in [4.69, 9.17) is 0 Å². The van der Waals surface area contributed by atoms with Gasteiger partial charge in [-0.05, 0) is 37.1 Å². The van der Waals surface area contributed by atoms with Crippen LogP contribution >= 0.6 is 15.9 Å². The first kappa shape index (κ1) is 15.0. The van der Waals surface area contributed by atoms with Crippen molar-refractivity contribution in [1.82, 2.24) is 4.31 Å². The Balaban J connectivity index is 2.33. The van der Waals surface area contributed by atoms with Crippen LogP contribution in [0.1, 0.15) is 25.7 Å². The highest BCUT2D eigenvalue weighted by Crippen LogP contribution is 2.25. The van der Waals surface area contributed by atoms with Crippen molar-refractivity contribution in [3.05, 3.63) is 28.7 Å². The molecule has 106 valence electrons. The average molecular weight is 348 g/mol. The Bertz CT molecular complexity index is 515. The minimum atomic E-state index is -3.51. The summed E-state index contributed by atoms with van der Waals surface area (Å²) in [6.07, 6.45) is 3.57. The van der Waals surface area contributed by atoms with Crippen LogP contribution in [0.15, 0.2) is 33.6 Å². The first-order chi connectivity index (χ1) is 9.05. The van der Waals surface area contributed by atoms with E-state index in [0.29, 0.717) is 6.54 Å². The first-order valence-electron chi connectivity index (χ1n) is 6.44. The molecule has 1 aromatic rings. The van der Waals surface area contributed by atoms with Gasteiger partial charge in [0, 0.05) is 17.1 Å². The summed E-state index contributed by atoms with van der Waals surface area (Å²) in [5.41, 5.74) is 0. The summed E-state index contributed by atoms with van der Waals surface area (Å²) in [7, 11) is -3.51. The standard InChI is InChI=1S/C13H18BrNO3S/c14-11-5-7-13(8-6-11)19(17,18)15-9-3-1-2-4-12(15)10-16/h5-8,12,16H,1-4,9-10H2. The van der Waals surface area contributed by atoms with E-state index in [2.05, 4.69) is 15.9 Å². The predicted molar refractivity (Wildman–Crippen MR) is 77.4 cm³/mol. The lowest BCUT2D eigenvalue weighted by atomic mass is 10.1. The number of hydrogen-bond donors (Lipinski definition) is 1. The van der Waals surface area contributed by atoms with Crippen LogP contribution in [0.3, 0.4) is 0 Å². The molecular weight excluding hydrogens is 330 g/mol. The number of sulfonamides is 1. The van der Waals surface area contributed by atoms with Crippen LogP contribution in [0.2, 0.25) is 0 Å². The van der Waals surface area contributed by atoms with E-state index in [-0.39, 0.29) is 17.5 Å². The number of aliphatic hydroxyl groups is 1. The van der Waals surface area contributed by atoms with Gasteiger partial charge in [0.1, 0.15) is 0 Å². The highest BCUT2D eigenvalue weighted by molar-refractivity contribution is 9.10. The van der Waals surface area contributed by atoms with Gasteiger partial charge in [-0.1, -0.05) is 28.8 Å². The van der Waals surface area contributed by atoms with E-state index >= 15 is 0 Å². The highest BCUT2D eigenvalue weighted by atomic mass is 79.9. The normalized spacial score (nSPS) is 22.1. The van der Waals surface area contributed by atoms with E-state index in [1.165, 1.54) is 4.31 Å². The zero-order chi connectivity index (χ0) is 13.9. The molecule has 1 saturated heterocycles. The lowest BCUT2D eigenvalue weighted by Gasteiger charge is -2.27. The van der Waals surface area contributed by atoms with Crippen LogP contribution in [0, 0.1) is 0 Å². The molecule has 1 atom stereocenters. The fourth-order valence-corrected chi connectivity index (χ4v) is 4.34. The van der Waals surface area contributed by atoms with Crippen molar-refractivity contribution in [1.29, 1.82) is 0 Å². The van der Waals surface area contributed by atoms with Gasteiger partial charge in [0.05, 0.1) is 11.5 Å². The molecule has 6 heteroatoms. The summed E-state index contributed by atoms with van der Waals surface area (Å²) in [4.78, 5) is 0.288. The monoisotopic (exact) mass is 347 g/mol. The van der Waals surface area contributed by atoms with Crippen molar-refractivity contribution in [3.8, 4) is 0 Å². The molecule has 4 nitrogen and oxygen atoms in total. The molecule has 1 aromatic carbocycles. The lowest BCUT2D eigenvalue weighted by Crippen LogP contribution is -2.41. The molecule has 1 unspecified atom stereocenters. The van der Waals surface area contributed by atoms with Crippen LogP contribution in [-0.2, 0) is 10.0 Å². The number of benzene rings is 1. The minimum Gasteiger partial charge on any atom is -0.395 e. The zero-order valence-electron chi connectivity index (χ0n) is 10.6. The van der Waals surface area contributed by atoms with Crippen molar-refractivity contribution in [3.63, 3.8) is 0 Å². The van der Waals surface area contributed by atoms with Gasteiger partial charge in [0.15, 0.2) is 0 Å². The lowest BCUT2D eigenvalue weighted by molar-refractivity contribution is 0.186. The van der Waals surface area contributed by atoms with Crippen LogP contribution in [0.5, 0.6) is 0 Å². The maximum atomic E-state index is 12.6. The van der Waals surface area contributed by atoms with Gasteiger partial charge >= 0.3 is 0 Å². The fraction of sp³-hybridized carbons (Fsp3) is 0.538. The van der Waals surface area contributed by atoms with Crippen molar-refractivity contribution in [2.45, 2.75) is 36.6 Å². The van der Waals surface area contributed by atoms with Gasteiger partial charge in [-0.25, -0.2) is 8.42 Å². The third kappa shape index (κ3) is 3.37. The van der Waals surface area contributed by atoms with E-state index in [9.17, 15) is 13.5 Å². The molecule has 1 fully saturated rings. The summed E-state index contributed by atoms with van der Waals surface area (Å²) in [5.74, 6) is 0. The third-order valence-corrected chi connectivity index (χ3v) is 5.95. The Labute approximate surface area is 122 Å². The number of nitrogens with zero attached hydrogens (tertiary/aromatic N) is 1. The summed E-state index contributed by atoms with van der Waals surface area (Å²) in [5, 5.41) is 9.43. The molecule has 1 heterocycles. The molecule has 0 saturated carbocycles. The van der Waals surface area contributed by atoms with Crippen LogP contribution < -0.4 is 0 Å². The maximum absolute atomic E-state index is 12.6. The minimum absolute atomic E-state index is 0.115. The molecule has 0 bridgehead atoms. The first-order valence-corrected chi connectivity index (χ1v) is 8.67. The molecule has 0 spiro atoms. The molecule has 19 heavy (non-hydrogen) atoms. The zero-order valence-corrected chi connectivity index (χ0v) is 13.0. The van der Waals surface area contributed by atoms with Crippen molar-refractivity contribution in [2.24, 2.45) is 0 Å². The highest BCUT2D eigenvalue weighted by Gasteiger charge is 2.31. The SMILES string of the molecule is O=S(=O)(c1ccc(Br)cc1)N1CCCCCC1CO. The average Bonchev–Trinajstić information content (AvgIpc) is 2.64. The second-order valence-electron chi connectivity index (χ2n) is 4.76. The Hall–Kier alpha value is -0.430. The quantitative estimate of drug-likeness (QED) is 0.913. The maximum Gasteiger partial charge on any atom is 0.243 e. The van der Waals surface area contributed by atoms with Crippen molar-refractivity contribution < 1.29 is 13.5 Å². The van der Waals surface area contributed by atoms with Gasteiger partial charge in [0.25, 0.3) is 0 Å². The predicted octanol–water partition coefficient (Wildman–Crippen LogP) is 2.37. The van der Waals surface area contributed by atoms with Crippen molar-refractivity contribution >= 4 is 26.0 Å². The Morgan fingerprint density at radius 1 is 1.21 bits per heavy atom.